The second-order valence-corrected chi connectivity index (χ2v) is 10.5. The molecule has 1 heterocycles. The van der Waals surface area contributed by atoms with Gasteiger partial charge in [0.25, 0.3) is 0 Å². The molecule has 178 valence electrons. The summed E-state index contributed by atoms with van der Waals surface area (Å²) in [5.41, 5.74) is 0.975. The highest BCUT2D eigenvalue weighted by Crippen LogP contribution is 2.30. The van der Waals surface area contributed by atoms with E-state index in [-0.39, 0.29) is 0 Å². The fraction of sp³-hybridized carbons (Fsp3) is 0.565. The van der Waals surface area contributed by atoms with Crippen molar-refractivity contribution in [1.29, 1.82) is 0 Å². The Hall–Kier alpha value is -1.75. The third kappa shape index (κ3) is 5.98. The van der Waals surface area contributed by atoms with Crippen LogP contribution in [0.3, 0.4) is 0 Å². The maximum atomic E-state index is 12.9. The molecule has 9 heteroatoms. The van der Waals surface area contributed by atoms with Crippen molar-refractivity contribution in [2.75, 3.05) is 45.2 Å². The average Bonchev–Trinajstić information content (AvgIpc) is 2.75. The molecule has 0 spiro atoms. The number of aliphatic hydroxyl groups is 3. The van der Waals surface area contributed by atoms with Crippen LogP contribution in [0.4, 0.5) is 5.69 Å². The number of aliphatic hydroxyl groups excluding tert-OH is 3. The van der Waals surface area contributed by atoms with Crippen LogP contribution in [0.2, 0.25) is 0 Å². The molecule has 1 unspecified atom stereocenters. The van der Waals surface area contributed by atoms with Gasteiger partial charge in [-0.05, 0) is 31.5 Å². The van der Waals surface area contributed by atoms with E-state index in [4.69, 9.17) is 0 Å². The molecule has 2 aromatic rings. The number of nitrogens with zero attached hydrogens (tertiary/aromatic N) is 2. The van der Waals surface area contributed by atoms with Gasteiger partial charge in [0.2, 0.25) is 10.0 Å². The number of anilines is 1. The number of β-amino-alcohol motifs (C(OH)–C–C–N with tert-alkyl or cyclic N) is 2. The van der Waals surface area contributed by atoms with E-state index in [9.17, 15) is 23.7 Å². The van der Waals surface area contributed by atoms with Crippen molar-refractivity contribution in [3.05, 3.63) is 36.4 Å². The first-order chi connectivity index (χ1) is 15.2. The van der Waals surface area contributed by atoms with Crippen LogP contribution in [0.15, 0.2) is 41.3 Å². The zero-order valence-corrected chi connectivity index (χ0v) is 19.6. The second kappa shape index (κ2) is 10.9. The molecule has 3 rings (SSSR count). The number of sulfonamides is 1. The van der Waals surface area contributed by atoms with E-state index in [1.54, 1.807) is 12.1 Å². The van der Waals surface area contributed by atoms with E-state index in [1.165, 1.54) is 0 Å². The summed E-state index contributed by atoms with van der Waals surface area (Å²) in [6.45, 7) is 1.83. The Balaban J connectivity index is 1.46. The van der Waals surface area contributed by atoms with Crippen molar-refractivity contribution in [2.45, 2.75) is 48.9 Å². The van der Waals surface area contributed by atoms with Crippen LogP contribution in [0.25, 0.3) is 10.8 Å². The molecule has 32 heavy (non-hydrogen) atoms. The predicted molar refractivity (Wildman–Crippen MR) is 126 cm³/mol. The number of nitrogens with one attached hydrogen (secondary N) is 1. The summed E-state index contributed by atoms with van der Waals surface area (Å²) in [5.74, 6) is 0. The summed E-state index contributed by atoms with van der Waals surface area (Å²) >= 11 is 0. The van der Waals surface area contributed by atoms with Crippen LogP contribution in [0, 0.1) is 0 Å². The van der Waals surface area contributed by atoms with Gasteiger partial charge < -0.3 is 20.2 Å². The van der Waals surface area contributed by atoms with E-state index in [0.29, 0.717) is 29.9 Å². The monoisotopic (exact) mass is 465 g/mol. The molecule has 0 radical (unpaired) electrons. The number of likely N-dealkylation sites (tertiary alicyclic amines) is 1. The van der Waals surface area contributed by atoms with Gasteiger partial charge in [-0.25, -0.2) is 13.1 Å². The Labute approximate surface area is 190 Å². The SMILES string of the molecule is CN(C)c1cccc2c(S(=O)(=O)NCCCCCCN3C[C@@H](O)C(O)[C@@H](O)C3)cccc12. The van der Waals surface area contributed by atoms with Crippen LogP contribution in [-0.2, 0) is 10.0 Å². The Morgan fingerprint density at radius 2 is 1.56 bits per heavy atom. The number of hydrogen-bond donors (Lipinski definition) is 4. The molecule has 1 fully saturated rings. The van der Waals surface area contributed by atoms with Gasteiger partial charge in [-0.3, -0.25) is 4.90 Å². The number of unbranched alkanes of at least 4 members (excludes halogenated alkanes) is 3. The molecule has 0 saturated carbocycles. The first-order valence-corrected chi connectivity index (χ1v) is 12.6. The second-order valence-electron chi connectivity index (χ2n) is 8.72. The van der Waals surface area contributed by atoms with Crippen LogP contribution >= 0.6 is 0 Å². The molecule has 1 saturated heterocycles. The van der Waals surface area contributed by atoms with Gasteiger partial charge in [0.05, 0.1) is 17.1 Å². The summed E-state index contributed by atoms with van der Waals surface area (Å²) in [6.07, 6.45) is 0.510. The van der Waals surface area contributed by atoms with E-state index >= 15 is 0 Å². The standard InChI is InChI=1S/C23H35N3O5S/c1-25(2)19-11-7-10-18-17(19)9-8-12-22(18)32(30,31)24-13-5-3-4-6-14-26-15-20(27)23(29)21(28)16-26/h7-12,20-21,23-24,27-29H,3-6,13-16H2,1-2H3/t20-,21+,23?. The summed E-state index contributed by atoms with van der Waals surface area (Å²) in [4.78, 5) is 4.22. The molecule has 4 N–H and O–H groups in total. The molecule has 1 aliphatic rings. The maximum Gasteiger partial charge on any atom is 0.241 e. The van der Waals surface area contributed by atoms with Crippen molar-refractivity contribution in [2.24, 2.45) is 0 Å². The van der Waals surface area contributed by atoms with Gasteiger partial charge in [0.15, 0.2) is 0 Å². The third-order valence-corrected chi connectivity index (χ3v) is 7.52. The summed E-state index contributed by atoms with van der Waals surface area (Å²) < 4.78 is 28.6. The van der Waals surface area contributed by atoms with Crippen LogP contribution in [0.1, 0.15) is 25.7 Å². The Morgan fingerprint density at radius 1 is 0.938 bits per heavy atom. The van der Waals surface area contributed by atoms with Crippen LogP contribution < -0.4 is 9.62 Å². The lowest BCUT2D eigenvalue weighted by Crippen LogP contribution is -2.55. The molecular weight excluding hydrogens is 430 g/mol. The predicted octanol–water partition coefficient (Wildman–Crippen LogP) is 1.14. The zero-order chi connectivity index (χ0) is 23.3. The zero-order valence-electron chi connectivity index (χ0n) is 18.8. The van der Waals surface area contributed by atoms with E-state index < -0.39 is 28.3 Å². The van der Waals surface area contributed by atoms with Gasteiger partial charge in [-0.2, -0.15) is 0 Å². The largest absolute Gasteiger partial charge is 0.389 e. The highest BCUT2D eigenvalue weighted by Gasteiger charge is 2.32. The number of piperidine rings is 1. The lowest BCUT2D eigenvalue weighted by atomic mass is 10.0. The first-order valence-electron chi connectivity index (χ1n) is 11.2. The molecule has 3 atom stereocenters. The van der Waals surface area contributed by atoms with Crippen molar-refractivity contribution in [1.82, 2.24) is 9.62 Å². The molecule has 1 aliphatic heterocycles. The highest BCUT2D eigenvalue weighted by atomic mass is 32.2. The maximum absolute atomic E-state index is 12.9. The molecule has 2 aromatic carbocycles. The molecule has 0 aromatic heterocycles. The summed E-state index contributed by atoms with van der Waals surface area (Å²) in [7, 11) is 0.262. The normalized spacial score (nSPS) is 22.3. The smallest absolute Gasteiger partial charge is 0.241 e. The first kappa shape index (κ1) is 24.9. The third-order valence-electron chi connectivity index (χ3n) is 6.00. The fourth-order valence-corrected chi connectivity index (χ4v) is 5.54. The van der Waals surface area contributed by atoms with E-state index in [0.717, 1.165) is 43.3 Å². The lowest BCUT2D eigenvalue weighted by molar-refractivity contribution is -0.109. The van der Waals surface area contributed by atoms with Crippen LogP contribution in [0.5, 0.6) is 0 Å². The van der Waals surface area contributed by atoms with E-state index in [2.05, 4.69) is 4.72 Å². The van der Waals surface area contributed by atoms with Crippen molar-refractivity contribution >= 4 is 26.5 Å². The number of rotatable bonds is 10. The van der Waals surface area contributed by atoms with Gasteiger partial charge in [0, 0.05) is 50.2 Å². The quantitative estimate of drug-likeness (QED) is 0.389. The Morgan fingerprint density at radius 3 is 2.25 bits per heavy atom. The topological polar surface area (TPSA) is 113 Å². The molecule has 0 amide bonds. The van der Waals surface area contributed by atoms with Gasteiger partial charge in [-0.15, -0.1) is 0 Å². The van der Waals surface area contributed by atoms with Gasteiger partial charge >= 0.3 is 0 Å². The Bertz CT molecular complexity index is 986. The van der Waals surface area contributed by atoms with E-state index in [1.807, 2.05) is 48.2 Å². The average molecular weight is 466 g/mol. The minimum atomic E-state index is -3.61. The van der Waals surface area contributed by atoms with Gasteiger partial charge in [-0.1, -0.05) is 37.1 Å². The summed E-state index contributed by atoms with van der Waals surface area (Å²) in [5, 5.41) is 30.7. The van der Waals surface area contributed by atoms with Crippen molar-refractivity contribution < 1.29 is 23.7 Å². The Kier molecular flexibility index (Phi) is 8.49. The summed E-state index contributed by atoms with van der Waals surface area (Å²) in [6, 6.07) is 11.0. The fourth-order valence-electron chi connectivity index (χ4n) is 4.25. The lowest BCUT2D eigenvalue weighted by Gasteiger charge is -2.36. The van der Waals surface area contributed by atoms with Crippen molar-refractivity contribution in [3.63, 3.8) is 0 Å². The van der Waals surface area contributed by atoms with Crippen LogP contribution in [-0.4, -0.2) is 87.2 Å². The minimum Gasteiger partial charge on any atom is -0.389 e. The van der Waals surface area contributed by atoms with Crippen molar-refractivity contribution in [3.8, 4) is 0 Å². The molecule has 8 nitrogen and oxygen atoms in total. The molecule has 0 bridgehead atoms. The van der Waals surface area contributed by atoms with Gasteiger partial charge in [0.1, 0.15) is 6.10 Å². The molecular formula is C23H35N3O5S. The minimum absolute atomic E-state index is 0.295. The molecule has 0 aliphatic carbocycles. The number of fused-ring (bicyclic) bond motifs is 1. The number of benzene rings is 2. The highest BCUT2D eigenvalue weighted by molar-refractivity contribution is 7.89. The number of hydrogen-bond acceptors (Lipinski definition) is 7.